The summed E-state index contributed by atoms with van der Waals surface area (Å²) in [6.07, 6.45) is 2.02. The molecule has 0 aliphatic carbocycles. The highest BCUT2D eigenvalue weighted by molar-refractivity contribution is 5.98. The van der Waals surface area contributed by atoms with Crippen LogP contribution in [0.3, 0.4) is 0 Å². The largest absolute Gasteiger partial charge is 0.350 e. The SMILES string of the molecule is O=C(NCC1CCCN1)c1ccc(F)cc1[N+](=O)[O-]. The van der Waals surface area contributed by atoms with Crippen LogP contribution in [0.25, 0.3) is 0 Å². The number of hydrogen-bond donors (Lipinski definition) is 2. The van der Waals surface area contributed by atoms with Crippen LogP contribution in [0.1, 0.15) is 23.2 Å². The van der Waals surface area contributed by atoms with Crippen LogP contribution in [-0.2, 0) is 0 Å². The highest BCUT2D eigenvalue weighted by atomic mass is 19.1. The van der Waals surface area contributed by atoms with E-state index in [1.807, 2.05) is 0 Å². The molecule has 7 heteroatoms. The number of nitro groups is 1. The maximum Gasteiger partial charge on any atom is 0.285 e. The number of carbonyl (C=O) groups excluding carboxylic acids is 1. The van der Waals surface area contributed by atoms with Gasteiger partial charge in [0.05, 0.1) is 11.0 Å². The minimum absolute atomic E-state index is 0.121. The van der Waals surface area contributed by atoms with Gasteiger partial charge in [-0.3, -0.25) is 14.9 Å². The van der Waals surface area contributed by atoms with Crippen molar-refractivity contribution < 1.29 is 14.1 Å². The Morgan fingerprint density at radius 2 is 2.37 bits per heavy atom. The minimum atomic E-state index is -0.758. The van der Waals surface area contributed by atoms with E-state index < -0.39 is 22.3 Å². The van der Waals surface area contributed by atoms with E-state index in [0.717, 1.165) is 37.6 Å². The van der Waals surface area contributed by atoms with Gasteiger partial charge in [-0.2, -0.15) is 0 Å². The molecule has 0 spiro atoms. The van der Waals surface area contributed by atoms with Crippen molar-refractivity contribution in [3.8, 4) is 0 Å². The molecule has 1 amide bonds. The van der Waals surface area contributed by atoms with Gasteiger partial charge in [0.15, 0.2) is 0 Å². The molecule has 1 heterocycles. The fourth-order valence-corrected chi connectivity index (χ4v) is 2.09. The summed E-state index contributed by atoms with van der Waals surface area (Å²) in [4.78, 5) is 21.9. The highest BCUT2D eigenvalue weighted by Gasteiger charge is 2.22. The Morgan fingerprint density at radius 3 is 3.00 bits per heavy atom. The molecule has 19 heavy (non-hydrogen) atoms. The third-order valence-electron chi connectivity index (χ3n) is 3.07. The fraction of sp³-hybridized carbons (Fsp3) is 0.417. The maximum atomic E-state index is 13.0. The van der Waals surface area contributed by atoms with Crippen LogP contribution in [-0.4, -0.2) is 30.0 Å². The molecule has 1 unspecified atom stereocenters. The van der Waals surface area contributed by atoms with Crippen LogP contribution in [0.2, 0.25) is 0 Å². The summed E-state index contributed by atoms with van der Waals surface area (Å²) in [7, 11) is 0. The van der Waals surface area contributed by atoms with E-state index in [4.69, 9.17) is 0 Å². The van der Waals surface area contributed by atoms with E-state index in [0.29, 0.717) is 6.54 Å². The summed E-state index contributed by atoms with van der Waals surface area (Å²) >= 11 is 0. The fourth-order valence-electron chi connectivity index (χ4n) is 2.09. The zero-order valence-corrected chi connectivity index (χ0v) is 10.2. The molecule has 1 aromatic carbocycles. The zero-order valence-electron chi connectivity index (χ0n) is 10.2. The molecule has 2 rings (SSSR count). The molecular formula is C12H14FN3O3. The predicted octanol–water partition coefficient (Wildman–Crippen LogP) is 1.22. The van der Waals surface area contributed by atoms with Gasteiger partial charge in [-0.05, 0) is 31.5 Å². The monoisotopic (exact) mass is 267 g/mol. The molecule has 1 saturated heterocycles. The van der Waals surface area contributed by atoms with Crippen LogP contribution in [0.5, 0.6) is 0 Å². The normalized spacial score (nSPS) is 18.3. The molecule has 1 fully saturated rings. The molecular weight excluding hydrogens is 253 g/mol. The van der Waals surface area contributed by atoms with Gasteiger partial charge < -0.3 is 10.6 Å². The van der Waals surface area contributed by atoms with Gasteiger partial charge in [0, 0.05) is 12.6 Å². The number of benzene rings is 1. The number of carbonyl (C=O) groups is 1. The summed E-state index contributed by atoms with van der Waals surface area (Å²) in [6.45, 7) is 1.32. The molecule has 0 aromatic heterocycles. The Kier molecular flexibility index (Phi) is 4.06. The second kappa shape index (κ2) is 5.75. The van der Waals surface area contributed by atoms with E-state index in [2.05, 4.69) is 10.6 Å². The number of nitrogens with one attached hydrogen (secondary N) is 2. The van der Waals surface area contributed by atoms with E-state index in [-0.39, 0.29) is 11.6 Å². The molecule has 0 radical (unpaired) electrons. The topological polar surface area (TPSA) is 84.3 Å². The first kappa shape index (κ1) is 13.4. The van der Waals surface area contributed by atoms with Gasteiger partial charge in [0.25, 0.3) is 11.6 Å². The zero-order chi connectivity index (χ0) is 13.8. The van der Waals surface area contributed by atoms with Crippen molar-refractivity contribution in [2.24, 2.45) is 0 Å². The number of nitro benzene ring substituents is 1. The summed E-state index contributed by atoms with van der Waals surface area (Å²) in [6, 6.07) is 3.12. The highest BCUT2D eigenvalue weighted by Crippen LogP contribution is 2.19. The van der Waals surface area contributed by atoms with Crippen LogP contribution >= 0.6 is 0 Å². The Balaban J connectivity index is 2.07. The molecule has 6 nitrogen and oxygen atoms in total. The van der Waals surface area contributed by atoms with E-state index in [1.165, 1.54) is 0 Å². The molecule has 0 bridgehead atoms. The molecule has 0 saturated carbocycles. The Morgan fingerprint density at radius 1 is 1.58 bits per heavy atom. The molecule has 1 aromatic rings. The third kappa shape index (κ3) is 3.25. The molecule has 102 valence electrons. The van der Waals surface area contributed by atoms with Gasteiger partial charge in [-0.1, -0.05) is 0 Å². The molecule has 1 aliphatic heterocycles. The second-order valence-electron chi connectivity index (χ2n) is 4.42. The average molecular weight is 267 g/mol. The van der Waals surface area contributed by atoms with Crippen LogP contribution in [0, 0.1) is 15.9 Å². The third-order valence-corrected chi connectivity index (χ3v) is 3.07. The lowest BCUT2D eigenvalue weighted by Crippen LogP contribution is -2.37. The van der Waals surface area contributed by atoms with Gasteiger partial charge in [-0.25, -0.2) is 4.39 Å². The maximum absolute atomic E-state index is 13.0. The van der Waals surface area contributed by atoms with E-state index in [9.17, 15) is 19.3 Å². The van der Waals surface area contributed by atoms with Crippen molar-refractivity contribution in [1.29, 1.82) is 0 Å². The number of nitrogens with zero attached hydrogens (tertiary/aromatic N) is 1. The van der Waals surface area contributed by atoms with Gasteiger partial charge in [-0.15, -0.1) is 0 Å². The number of hydrogen-bond acceptors (Lipinski definition) is 4. The number of amides is 1. The van der Waals surface area contributed by atoms with Crippen LogP contribution in [0.4, 0.5) is 10.1 Å². The van der Waals surface area contributed by atoms with E-state index >= 15 is 0 Å². The lowest BCUT2D eigenvalue weighted by atomic mass is 10.1. The summed E-state index contributed by atoms with van der Waals surface area (Å²) < 4.78 is 13.0. The first-order valence-corrected chi connectivity index (χ1v) is 6.03. The van der Waals surface area contributed by atoms with Crippen LogP contribution in [0.15, 0.2) is 18.2 Å². The van der Waals surface area contributed by atoms with Crippen molar-refractivity contribution in [3.63, 3.8) is 0 Å². The standard InChI is InChI=1S/C12H14FN3O3/c13-8-3-4-10(11(6-8)16(18)19)12(17)15-7-9-2-1-5-14-9/h3-4,6,9,14H,1-2,5,7H2,(H,15,17). The first-order valence-electron chi connectivity index (χ1n) is 6.03. The molecule has 2 N–H and O–H groups in total. The van der Waals surface area contributed by atoms with Gasteiger partial charge in [0.2, 0.25) is 0 Å². The lowest BCUT2D eigenvalue weighted by Gasteiger charge is -2.11. The quantitative estimate of drug-likeness (QED) is 0.634. The minimum Gasteiger partial charge on any atom is -0.350 e. The average Bonchev–Trinajstić information content (AvgIpc) is 2.88. The summed E-state index contributed by atoms with van der Waals surface area (Å²) in [5.74, 6) is -1.29. The lowest BCUT2D eigenvalue weighted by molar-refractivity contribution is -0.385. The molecule has 1 atom stereocenters. The molecule has 1 aliphatic rings. The number of rotatable bonds is 4. The number of halogens is 1. The summed E-state index contributed by atoms with van der Waals surface area (Å²) in [5, 5.41) is 16.6. The Labute approximate surface area is 109 Å². The summed E-state index contributed by atoms with van der Waals surface area (Å²) in [5.41, 5.74) is -0.638. The van der Waals surface area contributed by atoms with E-state index in [1.54, 1.807) is 0 Å². The van der Waals surface area contributed by atoms with Crippen molar-refractivity contribution in [2.75, 3.05) is 13.1 Å². The van der Waals surface area contributed by atoms with Gasteiger partial charge in [0.1, 0.15) is 11.4 Å². The van der Waals surface area contributed by atoms with Crippen LogP contribution < -0.4 is 10.6 Å². The van der Waals surface area contributed by atoms with Crippen molar-refractivity contribution in [3.05, 3.63) is 39.7 Å². The van der Waals surface area contributed by atoms with Gasteiger partial charge >= 0.3 is 0 Å². The van der Waals surface area contributed by atoms with Crippen molar-refractivity contribution >= 4 is 11.6 Å². The first-order chi connectivity index (χ1) is 9.08. The smallest absolute Gasteiger partial charge is 0.285 e. The predicted molar refractivity (Wildman–Crippen MR) is 66.4 cm³/mol. The Hall–Kier alpha value is -2.02. The van der Waals surface area contributed by atoms with Crippen molar-refractivity contribution in [1.82, 2.24) is 10.6 Å². The second-order valence-corrected chi connectivity index (χ2v) is 4.42. The van der Waals surface area contributed by atoms with Crippen molar-refractivity contribution in [2.45, 2.75) is 18.9 Å². The Bertz CT molecular complexity index is 501.